The van der Waals surface area contributed by atoms with Gasteiger partial charge in [0, 0.05) is 6.04 Å². The number of hydrogen-bond acceptors (Lipinski definition) is 2. The highest BCUT2D eigenvalue weighted by atomic mass is 16.2. The second kappa shape index (κ2) is 4.22. The van der Waals surface area contributed by atoms with Crippen LogP contribution in [0, 0.1) is 23.7 Å². The summed E-state index contributed by atoms with van der Waals surface area (Å²) in [6.07, 6.45) is 8.02. The van der Waals surface area contributed by atoms with Crippen molar-refractivity contribution in [1.82, 2.24) is 10.2 Å². The van der Waals surface area contributed by atoms with Crippen LogP contribution in [0.15, 0.2) is 0 Å². The van der Waals surface area contributed by atoms with Crippen molar-refractivity contribution in [2.75, 3.05) is 0 Å². The van der Waals surface area contributed by atoms with E-state index in [0.29, 0.717) is 17.9 Å². The van der Waals surface area contributed by atoms with Crippen molar-refractivity contribution >= 4 is 5.91 Å². The minimum atomic E-state index is -0.152. The van der Waals surface area contributed by atoms with E-state index < -0.39 is 0 Å². The summed E-state index contributed by atoms with van der Waals surface area (Å²) in [5.41, 5.74) is -0.152. The molecule has 1 saturated heterocycles. The maximum atomic E-state index is 12.9. The molecule has 1 heterocycles. The average molecular weight is 276 g/mol. The van der Waals surface area contributed by atoms with Gasteiger partial charge in [-0.2, -0.15) is 0 Å². The summed E-state index contributed by atoms with van der Waals surface area (Å²) in [7, 11) is 0. The highest BCUT2D eigenvalue weighted by Gasteiger charge is 2.61. The van der Waals surface area contributed by atoms with Crippen LogP contribution in [-0.4, -0.2) is 28.6 Å². The Morgan fingerprint density at radius 3 is 2.45 bits per heavy atom. The van der Waals surface area contributed by atoms with Gasteiger partial charge in [0.2, 0.25) is 5.91 Å². The van der Waals surface area contributed by atoms with Gasteiger partial charge < -0.3 is 4.90 Å². The van der Waals surface area contributed by atoms with Crippen molar-refractivity contribution in [2.24, 2.45) is 23.7 Å². The molecule has 3 saturated carbocycles. The second-order valence-corrected chi connectivity index (χ2v) is 8.21. The Bertz CT molecular complexity index is 429. The molecular formula is C17H28N2O. The van der Waals surface area contributed by atoms with Gasteiger partial charge in [-0.05, 0) is 62.7 Å². The maximum Gasteiger partial charge on any atom is 0.244 e. The van der Waals surface area contributed by atoms with E-state index in [9.17, 15) is 4.79 Å². The predicted molar refractivity (Wildman–Crippen MR) is 79.0 cm³/mol. The van der Waals surface area contributed by atoms with Crippen molar-refractivity contribution in [3.05, 3.63) is 0 Å². The van der Waals surface area contributed by atoms with Crippen LogP contribution in [0.2, 0.25) is 0 Å². The Morgan fingerprint density at radius 2 is 1.95 bits per heavy atom. The van der Waals surface area contributed by atoms with Crippen LogP contribution in [0.1, 0.15) is 59.3 Å². The van der Waals surface area contributed by atoms with Gasteiger partial charge in [0.05, 0.1) is 11.7 Å². The topological polar surface area (TPSA) is 32.3 Å². The van der Waals surface area contributed by atoms with Crippen molar-refractivity contribution in [3.63, 3.8) is 0 Å². The number of carbonyl (C=O) groups excluding carboxylic acids is 1. The number of carbonyl (C=O) groups is 1. The SMILES string of the molecule is CC(C)C1NC2(CC2)C(=O)N1C(C)C1CC2CCC1C2. The number of amides is 1. The van der Waals surface area contributed by atoms with E-state index in [2.05, 4.69) is 31.0 Å². The number of nitrogens with zero attached hydrogens (tertiary/aromatic N) is 1. The first-order valence-electron chi connectivity index (χ1n) is 8.62. The van der Waals surface area contributed by atoms with E-state index >= 15 is 0 Å². The lowest BCUT2D eigenvalue weighted by atomic mass is 9.83. The lowest BCUT2D eigenvalue weighted by Crippen LogP contribution is -2.49. The average Bonchev–Trinajstić information content (AvgIpc) is 2.79. The molecule has 112 valence electrons. The lowest BCUT2D eigenvalue weighted by molar-refractivity contribution is -0.134. The van der Waals surface area contributed by atoms with Gasteiger partial charge in [0.1, 0.15) is 0 Å². The Morgan fingerprint density at radius 1 is 1.20 bits per heavy atom. The van der Waals surface area contributed by atoms with Gasteiger partial charge in [-0.3, -0.25) is 10.1 Å². The highest BCUT2D eigenvalue weighted by molar-refractivity contribution is 5.92. The summed E-state index contributed by atoms with van der Waals surface area (Å²) in [6.45, 7) is 6.81. The zero-order chi connectivity index (χ0) is 14.1. The molecule has 1 aliphatic heterocycles. The van der Waals surface area contributed by atoms with Gasteiger partial charge in [-0.25, -0.2) is 0 Å². The van der Waals surface area contributed by atoms with Crippen LogP contribution in [0.4, 0.5) is 0 Å². The van der Waals surface area contributed by atoms with Gasteiger partial charge in [0.25, 0.3) is 0 Å². The summed E-state index contributed by atoms with van der Waals surface area (Å²) >= 11 is 0. The van der Waals surface area contributed by atoms with Crippen molar-refractivity contribution < 1.29 is 4.79 Å². The fourth-order valence-corrected chi connectivity index (χ4v) is 5.29. The zero-order valence-corrected chi connectivity index (χ0v) is 13.1. The smallest absolute Gasteiger partial charge is 0.244 e. The summed E-state index contributed by atoms with van der Waals surface area (Å²) in [5.74, 6) is 3.53. The summed E-state index contributed by atoms with van der Waals surface area (Å²) < 4.78 is 0. The molecular weight excluding hydrogens is 248 g/mol. The minimum Gasteiger partial charge on any atom is -0.322 e. The molecule has 2 bridgehead atoms. The summed E-state index contributed by atoms with van der Waals surface area (Å²) in [5, 5.41) is 3.67. The fraction of sp³-hybridized carbons (Fsp3) is 0.941. The molecule has 3 nitrogen and oxygen atoms in total. The molecule has 5 atom stereocenters. The molecule has 0 radical (unpaired) electrons. The molecule has 3 aliphatic carbocycles. The molecule has 4 aliphatic rings. The Kier molecular flexibility index (Phi) is 2.77. The second-order valence-electron chi connectivity index (χ2n) is 8.21. The first-order chi connectivity index (χ1) is 9.52. The molecule has 3 heteroatoms. The normalized spacial score (nSPS) is 43.0. The van der Waals surface area contributed by atoms with E-state index in [1.165, 1.54) is 25.7 Å². The minimum absolute atomic E-state index is 0.152. The van der Waals surface area contributed by atoms with Crippen molar-refractivity contribution in [1.29, 1.82) is 0 Å². The third kappa shape index (κ3) is 1.71. The van der Waals surface area contributed by atoms with E-state index in [4.69, 9.17) is 0 Å². The maximum absolute atomic E-state index is 12.9. The van der Waals surface area contributed by atoms with Crippen molar-refractivity contribution in [2.45, 2.75) is 77.0 Å². The summed E-state index contributed by atoms with van der Waals surface area (Å²) in [4.78, 5) is 15.1. The first kappa shape index (κ1) is 13.1. The number of nitrogens with one attached hydrogen (secondary N) is 1. The summed E-state index contributed by atoms with van der Waals surface area (Å²) in [6, 6.07) is 0.428. The van der Waals surface area contributed by atoms with E-state index in [0.717, 1.165) is 30.6 Å². The largest absolute Gasteiger partial charge is 0.322 e. The molecule has 0 aromatic rings. The van der Waals surface area contributed by atoms with Gasteiger partial charge in [0.15, 0.2) is 0 Å². The van der Waals surface area contributed by atoms with Gasteiger partial charge in [-0.15, -0.1) is 0 Å². The van der Waals surface area contributed by atoms with Crippen molar-refractivity contribution in [3.8, 4) is 0 Å². The monoisotopic (exact) mass is 276 g/mol. The molecule has 4 fully saturated rings. The Balaban J connectivity index is 1.57. The van der Waals surface area contributed by atoms with Gasteiger partial charge >= 0.3 is 0 Å². The van der Waals surface area contributed by atoms with E-state index in [1.807, 2.05) is 0 Å². The number of hydrogen-bond donors (Lipinski definition) is 1. The van der Waals surface area contributed by atoms with Crippen LogP contribution in [0.5, 0.6) is 0 Å². The third-order valence-corrected chi connectivity index (χ3v) is 6.60. The third-order valence-electron chi connectivity index (χ3n) is 6.60. The van der Waals surface area contributed by atoms with Crippen LogP contribution < -0.4 is 5.32 Å². The van der Waals surface area contributed by atoms with E-state index in [-0.39, 0.29) is 11.7 Å². The van der Waals surface area contributed by atoms with Crippen LogP contribution in [0.3, 0.4) is 0 Å². The zero-order valence-electron chi connectivity index (χ0n) is 13.1. The Hall–Kier alpha value is -0.570. The highest BCUT2D eigenvalue weighted by Crippen LogP contribution is 2.52. The quantitative estimate of drug-likeness (QED) is 0.859. The standard InChI is InChI=1S/C17H28N2O/c1-10(2)15-18-17(6-7-17)16(20)19(15)11(3)14-9-12-4-5-13(14)8-12/h10-15,18H,4-9H2,1-3H3. The molecule has 4 rings (SSSR count). The molecule has 1 N–H and O–H groups in total. The number of fused-ring (bicyclic) bond motifs is 2. The molecule has 5 unspecified atom stereocenters. The van der Waals surface area contributed by atoms with Crippen LogP contribution in [-0.2, 0) is 4.79 Å². The first-order valence-corrected chi connectivity index (χ1v) is 8.62. The number of rotatable bonds is 3. The lowest BCUT2D eigenvalue weighted by Gasteiger charge is -2.39. The predicted octanol–water partition coefficient (Wildman–Crippen LogP) is 2.76. The molecule has 1 amide bonds. The van der Waals surface area contributed by atoms with Crippen LogP contribution in [0.25, 0.3) is 0 Å². The molecule has 20 heavy (non-hydrogen) atoms. The molecule has 1 spiro atoms. The molecule has 0 aromatic carbocycles. The molecule has 0 aromatic heterocycles. The van der Waals surface area contributed by atoms with E-state index in [1.54, 1.807) is 0 Å². The van der Waals surface area contributed by atoms with Gasteiger partial charge in [-0.1, -0.05) is 20.3 Å². The van der Waals surface area contributed by atoms with Crippen LogP contribution >= 0.6 is 0 Å². The fourth-order valence-electron chi connectivity index (χ4n) is 5.29. The Labute approximate surface area is 122 Å².